The van der Waals surface area contributed by atoms with Crippen molar-refractivity contribution in [2.45, 2.75) is 18.9 Å². The molecule has 0 radical (unpaired) electrons. The molecule has 3 heterocycles. The highest BCUT2D eigenvalue weighted by Crippen LogP contribution is 2.32. The summed E-state index contributed by atoms with van der Waals surface area (Å²) in [5.74, 6) is 0.779. The summed E-state index contributed by atoms with van der Waals surface area (Å²) in [5.41, 5.74) is 4.37. The lowest BCUT2D eigenvalue weighted by molar-refractivity contribution is -0.131. The van der Waals surface area contributed by atoms with E-state index in [0.717, 1.165) is 41.3 Å². The van der Waals surface area contributed by atoms with Gasteiger partial charge in [-0.15, -0.1) is 0 Å². The third-order valence-electron chi connectivity index (χ3n) is 7.82. The van der Waals surface area contributed by atoms with Gasteiger partial charge in [0, 0.05) is 56.6 Å². The van der Waals surface area contributed by atoms with Gasteiger partial charge in [0.15, 0.2) is 11.4 Å². The maximum Gasteiger partial charge on any atom is 0.223 e. The van der Waals surface area contributed by atoms with Crippen molar-refractivity contribution in [3.63, 3.8) is 0 Å². The van der Waals surface area contributed by atoms with E-state index in [1.807, 2.05) is 88.3 Å². The monoisotopic (exact) mass is 564 g/mol. The van der Waals surface area contributed by atoms with Crippen LogP contribution >= 0.6 is 0 Å². The number of imidazole rings is 1. The van der Waals surface area contributed by atoms with Crippen LogP contribution in [0, 0.1) is 5.82 Å². The van der Waals surface area contributed by atoms with E-state index >= 15 is 0 Å². The zero-order valence-corrected chi connectivity index (χ0v) is 23.5. The van der Waals surface area contributed by atoms with Gasteiger partial charge in [-0.1, -0.05) is 42.5 Å². The molecule has 1 aliphatic heterocycles. The summed E-state index contributed by atoms with van der Waals surface area (Å²) in [4.78, 5) is 22.6. The second kappa shape index (κ2) is 12.3. The Morgan fingerprint density at radius 3 is 2.45 bits per heavy atom. The molecule has 2 aromatic heterocycles. The van der Waals surface area contributed by atoms with Crippen LogP contribution in [0.15, 0.2) is 103 Å². The lowest BCUT2D eigenvalue weighted by Crippen LogP contribution is -2.49. The van der Waals surface area contributed by atoms with Crippen LogP contribution in [0.4, 0.5) is 10.1 Å². The molecule has 1 saturated heterocycles. The zero-order valence-electron chi connectivity index (χ0n) is 23.5. The number of halogens is 1. The third kappa shape index (κ3) is 5.93. The number of hydrogen-bond acceptors (Lipinski definition) is 5. The summed E-state index contributed by atoms with van der Waals surface area (Å²) in [6.45, 7) is 3.12. The maximum atomic E-state index is 14.4. The number of methoxy groups -OCH3 is 1. The van der Waals surface area contributed by atoms with E-state index in [9.17, 15) is 9.18 Å². The molecular weight excluding hydrogens is 531 g/mol. The largest absolute Gasteiger partial charge is 0.497 e. The molecule has 5 aromatic rings. The average Bonchev–Trinajstić information content (AvgIpc) is 3.48. The van der Waals surface area contributed by atoms with Crippen LogP contribution in [0.3, 0.4) is 0 Å². The SMILES string of the molecule is COc1ccc(N2CCN(C(=O)CC(c3cccc(F)c3)c3cnc4c(OCc5ccccc5)cccn34)CC2)cc1. The summed E-state index contributed by atoms with van der Waals surface area (Å²) >= 11 is 0. The van der Waals surface area contributed by atoms with Gasteiger partial charge in [-0.3, -0.25) is 4.79 Å². The van der Waals surface area contributed by atoms with Gasteiger partial charge in [0.2, 0.25) is 5.91 Å². The fraction of sp³-hybridized carbons (Fsp3) is 0.235. The van der Waals surface area contributed by atoms with Gasteiger partial charge >= 0.3 is 0 Å². The van der Waals surface area contributed by atoms with Crippen LogP contribution in [-0.2, 0) is 11.4 Å². The molecule has 0 N–H and O–H groups in total. The van der Waals surface area contributed by atoms with Crippen LogP contribution in [0.1, 0.15) is 29.2 Å². The van der Waals surface area contributed by atoms with Gasteiger partial charge < -0.3 is 23.7 Å². The molecule has 0 bridgehead atoms. The Hall–Kier alpha value is -4.85. The smallest absolute Gasteiger partial charge is 0.223 e. The third-order valence-corrected chi connectivity index (χ3v) is 7.82. The predicted molar refractivity (Wildman–Crippen MR) is 161 cm³/mol. The molecule has 42 heavy (non-hydrogen) atoms. The number of ether oxygens (including phenoxy) is 2. The highest BCUT2D eigenvalue weighted by molar-refractivity contribution is 5.78. The first-order chi connectivity index (χ1) is 20.6. The zero-order chi connectivity index (χ0) is 28.9. The normalized spacial score (nSPS) is 14.1. The van der Waals surface area contributed by atoms with Crippen molar-refractivity contribution in [3.8, 4) is 11.5 Å². The van der Waals surface area contributed by atoms with Crippen LogP contribution in [0.2, 0.25) is 0 Å². The van der Waals surface area contributed by atoms with Gasteiger partial charge in [0.25, 0.3) is 0 Å². The first-order valence-corrected chi connectivity index (χ1v) is 14.1. The lowest BCUT2D eigenvalue weighted by atomic mass is 9.92. The summed E-state index contributed by atoms with van der Waals surface area (Å²) in [6, 6.07) is 28.2. The standard InChI is InChI=1S/C34H33FN4O3/c1-41-29-14-12-28(13-15-29)37-17-19-38(20-18-37)33(40)22-30(26-9-5-10-27(35)21-26)31-23-36-34-32(11-6-16-39(31)34)42-24-25-7-3-2-4-8-25/h2-16,21,23,30H,17-20,22,24H2,1H3. The molecule has 1 aliphatic rings. The quantitative estimate of drug-likeness (QED) is 0.222. The Bertz CT molecular complexity index is 1650. The van der Waals surface area contributed by atoms with E-state index in [1.165, 1.54) is 12.1 Å². The van der Waals surface area contributed by atoms with Gasteiger partial charge in [0.05, 0.1) is 12.8 Å². The summed E-state index contributed by atoms with van der Waals surface area (Å²) in [6.07, 6.45) is 3.89. The van der Waals surface area contributed by atoms with E-state index in [0.29, 0.717) is 31.1 Å². The Balaban J connectivity index is 1.21. The number of amides is 1. The van der Waals surface area contributed by atoms with Crippen molar-refractivity contribution >= 4 is 17.2 Å². The van der Waals surface area contributed by atoms with Gasteiger partial charge in [0.1, 0.15) is 18.2 Å². The minimum absolute atomic E-state index is 0.0325. The second-order valence-corrected chi connectivity index (χ2v) is 10.4. The van der Waals surface area contributed by atoms with Crippen LogP contribution in [-0.4, -0.2) is 53.5 Å². The number of hydrogen-bond donors (Lipinski definition) is 0. The number of carbonyl (C=O) groups is 1. The number of rotatable bonds is 9. The predicted octanol–water partition coefficient (Wildman–Crippen LogP) is 5.93. The minimum Gasteiger partial charge on any atom is -0.497 e. The number of anilines is 1. The molecule has 214 valence electrons. The minimum atomic E-state index is -0.382. The molecular formula is C34H33FN4O3. The number of carbonyl (C=O) groups excluding carboxylic acids is 1. The highest BCUT2D eigenvalue weighted by Gasteiger charge is 2.28. The van der Waals surface area contributed by atoms with Crippen LogP contribution < -0.4 is 14.4 Å². The fourth-order valence-electron chi connectivity index (χ4n) is 5.54. The van der Waals surface area contributed by atoms with Crippen molar-refractivity contribution < 1.29 is 18.7 Å². The van der Waals surface area contributed by atoms with Gasteiger partial charge in [-0.25, -0.2) is 9.37 Å². The summed E-state index contributed by atoms with van der Waals surface area (Å²) in [5, 5.41) is 0. The highest BCUT2D eigenvalue weighted by atomic mass is 19.1. The van der Waals surface area contributed by atoms with Crippen molar-refractivity contribution in [1.82, 2.24) is 14.3 Å². The van der Waals surface area contributed by atoms with Crippen LogP contribution in [0.5, 0.6) is 11.5 Å². The number of pyridine rings is 1. The molecule has 1 fully saturated rings. The van der Waals surface area contributed by atoms with Gasteiger partial charge in [-0.2, -0.15) is 0 Å². The van der Waals surface area contributed by atoms with Crippen LogP contribution in [0.25, 0.3) is 5.65 Å². The molecule has 6 rings (SSSR count). The molecule has 7 nitrogen and oxygen atoms in total. The van der Waals surface area contributed by atoms with Crippen molar-refractivity contribution in [3.05, 3.63) is 126 Å². The van der Waals surface area contributed by atoms with E-state index in [4.69, 9.17) is 9.47 Å². The Labute approximate surface area is 244 Å². The lowest BCUT2D eigenvalue weighted by Gasteiger charge is -2.36. The fourth-order valence-corrected chi connectivity index (χ4v) is 5.54. The molecule has 1 atom stereocenters. The van der Waals surface area contributed by atoms with E-state index in [2.05, 4.69) is 9.88 Å². The first kappa shape index (κ1) is 27.3. The number of piperazine rings is 1. The molecule has 0 saturated carbocycles. The number of fused-ring (bicyclic) bond motifs is 1. The van der Waals surface area contributed by atoms with E-state index < -0.39 is 0 Å². The van der Waals surface area contributed by atoms with Crippen molar-refractivity contribution in [1.29, 1.82) is 0 Å². The number of nitrogens with zero attached hydrogens (tertiary/aromatic N) is 4. The molecule has 1 unspecified atom stereocenters. The van der Waals surface area contributed by atoms with E-state index in [-0.39, 0.29) is 24.1 Å². The van der Waals surface area contributed by atoms with Crippen molar-refractivity contribution in [2.24, 2.45) is 0 Å². The molecule has 3 aromatic carbocycles. The maximum absolute atomic E-state index is 14.4. The summed E-state index contributed by atoms with van der Waals surface area (Å²) in [7, 11) is 1.65. The first-order valence-electron chi connectivity index (χ1n) is 14.1. The molecule has 8 heteroatoms. The topological polar surface area (TPSA) is 59.3 Å². The number of aromatic nitrogens is 2. The second-order valence-electron chi connectivity index (χ2n) is 10.4. The van der Waals surface area contributed by atoms with E-state index in [1.54, 1.807) is 19.4 Å². The Morgan fingerprint density at radius 2 is 1.71 bits per heavy atom. The molecule has 0 aliphatic carbocycles. The Morgan fingerprint density at radius 1 is 0.929 bits per heavy atom. The summed E-state index contributed by atoms with van der Waals surface area (Å²) < 4.78 is 27.8. The number of benzene rings is 3. The molecule has 1 amide bonds. The molecule has 0 spiro atoms. The Kier molecular flexibility index (Phi) is 8.03. The van der Waals surface area contributed by atoms with Crippen molar-refractivity contribution in [2.75, 3.05) is 38.2 Å². The van der Waals surface area contributed by atoms with Gasteiger partial charge in [-0.05, 0) is 59.7 Å². The average molecular weight is 565 g/mol.